The summed E-state index contributed by atoms with van der Waals surface area (Å²) < 4.78 is 1.01. The molecule has 1 aromatic carbocycles. The van der Waals surface area contributed by atoms with Gasteiger partial charge in [-0.3, -0.25) is 4.79 Å². The van der Waals surface area contributed by atoms with Crippen molar-refractivity contribution in [2.24, 2.45) is 0 Å². The number of carbonyl (C=O) groups excluding carboxylic acids is 1. The van der Waals surface area contributed by atoms with Crippen LogP contribution < -0.4 is 0 Å². The van der Waals surface area contributed by atoms with E-state index < -0.39 is 0 Å². The minimum Gasteiger partial charge on any atom is -0.337 e. The highest BCUT2D eigenvalue weighted by Crippen LogP contribution is 2.28. The van der Waals surface area contributed by atoms with E-state index in [-0.39, 0.29) is 5.91 Å². The number of aryl methyl sites for hydroxylation is 1. The van der Waals surface area contributed by atoms with Gasteiger partial charge in [-0.2, -0.15) is 0 Å². The highest BCUT2D eigenvalue weighted by Gasteiger charge is 2.15. The second-order valence-corrected chi connectivity index (χ2v) is 7.17. The molecule has 0 radical (unpaired) electrons. The highest BCUT2D eigenvalue weighted by atomic mass is 79.9. The number of hydrogen-bond donors (Lipinski definition) is 0. The third kappa shape index (κ3) is 3.59. The van der Waals surface area contributed by atoms with Crippen molar-refractivity contribution in [2.75, 3.05) is 7.05 Å². The van der Waals surface area contributed by atoms with Crippen LogP contribution in [0.3, 0.4) is 0 Å². The Morgan fingerprint density at radius 2 is 2.16 bits per heavy atom. The fourth-order valence-electron chi connectivity index (χ4n) is 1.73. The minimum absolute atomic E-state index is 0.0266. The largest absolute Gasteiger partial charge is 0.337 e. The zero-order valence-electron chi connectivity index (χ0n) is 10.6. The Morgan fingerprint density at radius 1 is 1.42 bits per heavy atom. The molecule has 0 bridgehead atoms. The van der Waals surface area contributed by atoms with Crippen molar-refractivity contribution in [3.05, 3.63) is 55.1 Å². The number of amides is 1. The summed E-state index contributed by atoms with van der Waals surface area (Å²) in [6.07, 6.45) is 0. The Kier molecular flexibility index (Phi) is 4.66. The van der Waals surface area contributed by atoms with Gasteiger partial charge < -0.3 is 4.90 Å². The van der Waals surface area contributed by atoms with Crippen LogP contribution in [-0.4, -0.2) is 17.9 Å². The molecule has 1 heterocycles. The van der Waals surface area contributed by atoms with E-state index >= 15 is 0 Å². The van der Waals surface area contributed by atoms with Crippen molar-refractivity contribution >= 4 is 44.8 Å². The molecule has 0 aliphatic heterocycles. The fraction of sp³-hybridized carbons (Fsp3) is 0.214. The average molecular weight is 359 g/mol. The fourth-order valence-corrected chi connectivity index (χ4v) is 3.48. The number of rotatable bonds is 3. The number of carbonyl (C=O) groups is 1. The number of hydrogen-bond acceptors (Lipinski definition) is 2. The molecule has 0 atom stereocenters. The second-order valence-electron chi connectivity index (χ2n) is 4.36. The van der Waals surface area contributed by atoms with Crippen molar-refractivity contribution < 1.29 is 4.79 Å². The van der Waals surface area contributed by atoms with E-state index in [9.17, 15) is 4.79 Å². The van der Waals surface area contributed by atoms with Crippen molar-refractivity contribution in [2.45, 2.75) is 13.5 Å². The molecule has 0 spiro atoms. The molecular formula is C14H13BrClNOS. The lowest BCUT2D eigenvalue weighted by Gasteiger charge is -2.16. The van der Waals surface area contributed by atoms with Crippen molar-refractivity contribution in [3.8, 4) is 0 Å². The third-order valence-corrected chi connectivity index (χ3v) is 5.08. The molecule has 2 nitrogen and oxygen atoms in total. The maximum atomic E-state index is 12.3. The van der Waals surface area contributed by atoms with Crippen LogP contribution in [0.5, 0.6) is 0 Å². The molecule has 1 amide bonds. The van der Waals surface area contributed by atoms with Crippen LogP contribution in [0.2, 0.25) is 5.02 Å². The Labute approximate surface area is 130 Å². The molecule has 0 aliphatic rings. The first-order valence-corrected chi connectivity index (χ1v) is 7.72. The van der Waals surface area contributed by atoms with Gasteiger partial charge in [-0.1, -0.05) is 23.7 Å². The quantitative estimate of drug-likeness (QED) is 0.775. The van der Waals surface area contributed by atoms with Gasteiger partial charge in [-0.05, 0) is 52.2 Å². The van der Waals surface area contributed by atoms with Gasteiger partial charge in [0.2, 0.25) is 0 Å². The van der Waals surface area contributed by atoms with Crippen LogP contribution in [0.4, 0.5) is 0 Å². The Bertz CT molecular complexity index is 592. The zero-order valence-corrected chi connectivity index (χ0v) is 13.8. The predicted molar refractivity (Wildman–Crippen MR) is 84.0 cm³/mol. The van der Waals surface area contributed by atoms with Crippen LogP contribution in [0.25, 0.3) is 0 Å². The molecule has 0 N–H and O–H groups in total. The molecule has 0 fully saturated rings. The lowest BCUT2D eigenvalue weighted by atomic mass is 10.2. The van der Waals surface area contributed by atoms with Gasteiger partial charge in [0.25, 0.3) is 5.91 Å². The summed E-state index contributed by atoms with van der Waals surface area (Å²) in [5, 5.41) is 0.688. The van der Waals surface area contributed by atoms with Crippen LogP contribution in [-0.2, 0) is 6.54 Å². The molecule has 100 valence electrons. The first-order valence-electron chi connectivity index (χ1n) is 5.73. The summed E-state index contributed by atoms with van der Waals surface area (Å²) in [5.41, 5.74) is 2.11. The van der Waals surface area contributed by atoms with E-state index in [0.717, 1.165) is 19.8 Å². The van der Waals surface area contributed by atoms with Crippen molar-refractivity contribution in [1.82, 2.24) is 4.90 Å². The first kappa shape index (κ1) is 14.6. The van der Waals surface area contributed by atoms with Gasteiger partial charge in [0, 0.05) is 18.6 Å². The van der Waals surface area contributed by atoms with E-state index in [4.69, 9.17) is 11.6 Å². The monoisotopic (exact) mass is 357 g/mol. The van der Waals surface area contributed by atoms with E-state index in [1.165, 1.54) is 11.3 Å². The van der Waals surface area contributed by atoms with E-state index in [0.29, 0.717) is 11.6 Å². The highest BCUT2D eigenvalue weighted by molar-refractivity contribution is 9.11. The van der Waals surface area contributed by atoms with Crippen LogP contribution in [0, 0.1) is 6.92 Å². The average Bonchev–Trinajstić information content (AvgIpc) is 2.68. The third-order valence-electron chi connectivity index (χ3n) is 2.72. The number of nitrogens with zero attached hydrogens (tertiary/aromatic N) is 1. The van der Waals surface area contributed by atoms with E-state index in [1.807, 2.05) is 37.3 Å². The summed E-state index contributed by atoms with van der Waals surface area (Å²) in [6, 6.07) is 9.46. The summed E-state index contributed by atoms with van der Waals surface area (Å²) >= 11 is 10.8. The topological polar surface area (TPSA) is 20.3 Å². The Morgan fingerprint density at radius 3 is 2.74 bits per heavy atom. The molecule has 2 rings (SSSR count). The molecule has 0 saturated carbocycles. The molecular weight excluding hydrogens is 346 g/mol. The number of benzene rings is 1. The number of thiophene rings is 1. The summed E-state index contributed by atoms with van der Waals surface area (Å²) in [4.78, 5) is 14.7. The summed E-state index contributed by atoms with van der Waals surface area (Å²) in [5.74, 6) is 0.0266. The van der Waals surface area contributed by atoms with Gasteiger partial charge in [0.15, 0.2) is 0 Å². The lowest BCUT2D eigenvalue weighted by Crippen LogP contribution is -2.25. The SMILES string of the molecule is Cc1cc(C(=O)N(C)Cc2cccc(Cl)c2)sc1Br. The molecule has 19 heavy (non-hydrogen) atoms. The van der Waals surface area contributed by atoms with Gasteiger partial charge in [0.05, 0.1) is 8.66 Å². The zero-order chi connectivity index (χ0) is 14.0. The standard InChI is InChI=1S/C14H13BrClNOS/c1-9-6-12(19-13(9)15)14(18)17(2)8-10-4-3-5-11(16)7-10/h3-7H,8H2,1-2H3. The van der Waals surface area contributed by atoms with Crippen LogP contribution in [0.15, 0.2) is 34.1 Å². The molecule has 0 aliphatic carbocycles. The van der Waals surface area contributed by atoms with E-state index in [1.54, 1.807) is 11.9 Å². The van der Waals surface area contributed by atoms with Gasteiger partial charge in [-0.25, -0.2) is 0 Å². The molecule has 2 aromatic rings. The Balaban J connectivity index is 2.11. The number of halogens is 2. The summed E-state index contributed by atoms with van der Waals surface area (Å²) in [6.45, 7) is 2.53. The van der Waals surface area contributed by atoms with Gasteiger partial charge in [-0.15, -0.1) is 11.3 Å². The predicted octanol–water partition coefficient (Wildman–Crippen LogP) is 4.74. The second kappa shape index (κ2) is 6.07. The lowest BCUT2D eigenvalue weighted by molar-refractivity contribution is 0.0790. The maximum Gasteiger partial charge on any atom is 0.264 e. The minimum atomic E-state index is 0.0266. The van der Waals surface area contributed by atoms with Crippen molar-refractivity contribution in [1.29, 1.82) is 0 Å². The normalized spacial score (nSPS) is 10.5. The van der Waals surface area contributed by atoms with Gasteiger partial charge in [0.1, 0.15) is 0 Å². The van der Waals surface area contributed by atoms with Crippen LogP contribution in [0.1, 0.15) is 20.8 Å². The molecule has 1 aromatic heterocycles. The molecule has 0 unspecified atom stereocenters. The maximum absolute atomic E-state index is 12.3. The first-order chi connectivity index (χ1) is 8.97. The summed E-state index contributed by atoms with van der Waals surface area (Å²) in [7, 11) is 1.80. The molecule has 0 saturated heterocycles. The molecule has 5 heteroatoms. The van der Waals surface area contributed by atoms with Gasteiger partial charge >= 0.3 is 0 Å². The van der Waals surface area contributed by atoms with E-state index in [2.05, 4.69) is 15.9 Å². The van der Waals surface area contributed by atoms with Crippen molar-refractivity contribution in [3.63, 3.8) is 0 Å². The van der Waals surface area contributed by atoms with Crippen LogP contribution >= 0.6 is 38.9 Å². The Hall–Kier alpha value is -0.840. The smallest absolute Gasteiger partial charge is 0.264 e.